The van der Waals surface area contributed by atoms with Crippen LogP contribution in [-0.2, 0) is 6.61 Å². The van der Waals surface area contributed by atoms with Crippen LogP contribution in [0.3, 0.4) is 0 Å². The first-order valence-corrected chi connectivity index (χ1v) is 12.6. The molecule has 3 aromatic carbocycles. The highest BCUT2D eigenvalue weighted by atomic mass is 79.9. The number of nitro groups is 1. The van der Waals surface area contributed by atoms with Gasteiger partial charge in [-0.3, -0.25) is 14.9 Å². The van der Waals surface area contributed by atoms with Crippen molar-refractivity contribution in [1.82, 2.24) is 5.43 Å². The second-order valence-corrected chi connectivity index (χ2v) is 9.98. The van der Waals surface area contributed by atoms with Crippen molar-refractivity contribution in [2.24, 2.45) is 5.10 Å². The number of nitrogens with zero attached hydrogens (tertiary/aromatic N) is 2. The normalized spacial score (nSPS) is 11.1. The van der Waals surface area contributed by atoms with Gasteiger partial charge in [0.1, 0.15) is 12.2 Å². The van der Waals surface area contributed by atoms with Crippen molar-refractivity contribution in [2.45, 2.75) is 6.61 Å². The Bertz CT molecular complexity index is 1480. The van der Waals surface area contributed by atoms with Crippen LogP contribution in [0.15, 0.2) is 77.5 Å². The molecule has 0 radical (unpaired) electrons. The standard InChI is InChI=1S/C24H16Br3N3O6/c1-34-20-8-15(18(26)10-21(20)35-12-13-2-4-17(5-3-13)30(32)33)11-28-29-24(31)22-7-14-6-16(25)9-19(27)23(14)36-22/h2-11H,12H2,1H3,(H,29,31)/b28-11-. The first-order chi connectivity index (χ1) is 17.2. The lowest BCUT2D eigenvalue weighted by Crippen LogP contribution is -2.16. The molecule has 1 heterocycles. The number of nitrogens with one attached hydrogen (secondary N) is 1. The number of hydrogen-bond acceptors (Lipinski definition) is 7. The molecule has 0 aliphatic heterocycles. The minimum absolute atomic E-state index is 0.0103. The minimum Gasteiger partial charge on any atom is -0.493 e. The number of fused-ring (bicyclic) bond motifs is 1. The zero-order valence-electron chi connectivity index (χ0n) is 18.5. The summed E-state index contributed by atoms with van der Waals surface area (Å²) in [5.74, 6) is 0.521. The molecule has 0 saturated carbocycles. The van der Waals surface area contributed by atoms with E-state index in [4.69, 9.17) is 13.9 Å². The Morgan fingerprint density at radius 3 is 2.53 bits per heavy atom. The molecule has 1 amide bonds. The molecule has 4 aromatic rings. The van der Waals surface area contributed by atoms with Crippen molar-refractivity contribution in [2.75, 3.05) is 7.11 Å². The summed E-state index contributed by atoms with van der Waals surface area (Å²) in [6, 6.07) is 14.8. The number of hydrazone groups is 1. The highest BCUT2D eigenvalue weighted by Crippen LogP contribution is 2.34. The number of furan rings is 1. The van der Waals surface area contributed by atoms with Gasteiger partial charge in [-0.05, 0) is 79.9 Å². The quantitative estimate of drug-likeness (QED) is 0.122. The van der Waals surface area contributed by atoms with E-state index in [1.54, 1.807) is 30.3 Å². The lowest BCUT2D eigenvalue weighted by atomic mass is 10.2. The number of halogens is 3. The smallest absolute Gasteiger partial charge is 0.307 e. The minimum atomic E-state index is -0.503. The van der Waals surface area contributed by atoms with E-state index >= 15 is 0 Å². The number of ether oxygens (including phenoxy) is 2. The van der Waals surface area contributed by atoms with Gasteiger partial charge in [-0.1, -0.05) is 15.9 Å². The number of methoxy groups -OCH3 is 1. The van der Waals surface area contributed by atoms with Gasteiger partial charge in [-0.15, -0.1) is 0 Å². The molecule has 0 aliphatic carbocycles. The van der Waals surface area contributed by atoms with E-state index in [-0.39, 0.29) is 18.1 Å². The van der Waals surface area contributed by atoms with Gasteiger partial charge in [0.05, 0.1) is 22.7 Å². The highest BCUT2D eigenvalue weighted by molar-refractivity contribution is 9.11. The zero-order valence-corrected chi connectivity index (χ0v) is 23.2. The fourth-order valence-corrected chi connectivity index (χ4v) is 4.96. The Morgan fingerprint density at radius 2 is 1.83 bits per heavy atom. The van der Waals surface area contributed by atoms with Crippen LogP contribution in [-0.4, -0.2) is 24.2 Å². The first kappa shape index (κ1) is 25.9. The summed E-state index contributed by atoms with van der Waals surface area (Å²) < 4.78 is 19.1. The molecule has 184 valence electrons. The summed E-state index contributed by atoms with van der Waals surface area (Å²) in [5, 5.41) is 15.6. The Labute approximate surface area is 230 Å². The molecule has 0 spiro atoms. The summed E-state index contributed by atoms with van der Waals surface area (Å²) in [5.41, 5.74) is 4.41. The summed E-state index contributed by atoms with van der Waals surface area (Å²) in [7, 11) is 1.50. The van der Waals surface area contributed by atoms with Crippen LogP contribution in [0.5, 0.6) is 11.5 Å². The topological polar surface area (TPSA) is 116 Å². The molecule has 12 heteroatoms. The number of rotatable bonds is 8. The number of carbonyl (C=O) groups excluding carboxylic acids is 1. The van der Waals surface area contributed by atoms with E-state index in [1.165, 1.54) is 25.5 Å². The monoisotopic (exact) mass is 679 g/mol. The van der Waals surface area contributed by atoms with Crippen LogP contribution in [0.4, 0.5) is 5.69 Å². The molecule has 0 bridgehead atoms. The molecule has 0 atom stereocenters. The second kappa shape index (κ2) is 11.2. The number of nitro benzene ring substituents is 1. The lowest BCUT2D eigenvalue weighted by Gasteiger charge is -2.12. The van der Waals surface area contributed by atoms with Gasteiger partial charge in [0, 0.05) is 32.0 Å². The summed E-state index contributed by atoms with van der Waals surface area (Å²) in [4.78, 5) is 22.8. The summed E-state index contributed by atoms with van der Waals surface area (Å²) >= 11 is 10.3. The van der Waals surface area contributed by atoms with Gasteiger partial charge in [0.2, 0.25) is 0 Å². The maximum atomic E-state index is 12.5. The number of amides is 1. The molecule has 36 heavy (non-hydrogen) atoms. The van der Waals surface area contributed by atoms with Gasteiger partial charge in [0.15, 0.2) is 17.3 Å². The summed E-state index contributed by atoms with van der Waals surface area (Å²) in [6.45, 7) is 0.189. The van der Waals surface area contributed by atoms with Crippen LogP contribution in [0.25, 0.3) is 11.0 Å². The Balaban J connectivity index is 1.44. The number of non-ortho nitro benzene ring substituents is 1. The summed E-state index contributed by atoms with van der Waals surface area (Å²) in [6.07, 6.45) is 1.46. The predicted molar refractivity (Wildman–Crippen MR) is 145 cm³/mol. The molecule has 0 aliphatic rings. The van der Waals surface area contributed by atoms with Crippen LogP contribution >= 0.6 is 47.8 Å². The van der Waals surface area contributed by atoms with Crippen molar-refractivity contribution >= 4 is 76.6 Å². The molecule has 1 N–H and O–H groups in total. The maximum Gasteiger partial charge on any atom is 0.307 e. The van der Waals surface area contributed by atoms with Gasteiger partial charge in [-0.25, -0.2) is 5.43 Å². The largest absolute Gasteiger partial charge is 0.493 e. The van der Waals surface area contributed by atoms with E-state index in [2.05, 4.69) is 58.3 Å². The van der Waals surface area contributed by atoms with E-state index in [9.17, 15) is 14.9 Å². The van der Waals surface area contributed by atoms with Crippen molar-refractivity contribution in [3.63, 3.8) is 0 Å². The van der Waals surface area contributed by atoms with Gasteiger partial charge in [-0.2, -0.15) is 5.10 Å². The molecule has 4 rings (SSSR count). The van der Waals surface area contributed by atoms with Crippen molar-refractivity contribution in [1.29, 1.82) is 0 Å². The molecule has 0 unspecified atom stereocenters. The van der Waals surface area contributed by atoms with Crippen LogP contribution < -0.4 is 14.9 Å². The van der Waals surface area contributed by atoms with Crippen LogP contribution in [0, 0.1) is 10.1 Å². The second-order valence-electron chi connectivity index (χ2n) is 7.35. The zero-order chi connectivity index (χ0) is 25.8. The fraction of sp³-hybridized carbons (Fsp3) is 0.0833. The number of hydrogen-bond donors (Lipinski definition) is 1. The first-order valence-electron chi connectivity index (χ1n) is 10.2. The fourth-order valence-electron chi connectivity index (χ4n) is 3.20. The molecular weight excluding hydrogens is 666 g/mol. The van der Waals surface area contributed by atoms with Crippen LogP contribution in [0.2, 0.25) is 0 Å². The van der Waals surface area contributed by atoms with E-state index in [1.807, 2.05) is 12.1 Å². The number of benzene rings is 3. The van der Waals surface area contributed by atoms with Crippen molar-refractivity contribution in [3.8, 4) is 11.5 Å². The number of carbonyl (C=O) groups is 1. The molecule has 0 fully saturated rings. The Hall–Kier alpha value is -3.22. The predicted octanol–water partition coefficient (Wildman–Crippen LogP) is 6.98. The van der Waals surface area contributed by atoms with E-state index < -0.39 is 10.8 Å². The van der Waals surface area contributed by atoms with Gasteiger partial charge in [0.25, 0.3) is 5.69 Å². The van der Waals surface area contributed by atoms with E-state index in [0.29, 0.717) is 27.1 Å². The Kier molecular flexibility index (Phi) is 8.07. The van der Waals surface area contributed by atoms with Crippen molar-refractivity contribution < 1.29 is 23.6 Å². The lowest BCUT2D eigenvalue weighted by molar-refractivity contribution is -0.384. The Morgan fingerprint density at radius 1 is 1.08 bits per heavy atom. The van der Waals surface area contributed by atoms with Gasteiger partial charge < -0.3 is 13.9 Å². The average molecular weight is 682 g/mol. The third-order valence-electron chi connectivity index (χ3n) is 4.95. The SMILES string of the molecule is COc1cc(/C=N\NC(=O)c2cc3cc(Br)cc(Br)c3o2)c(Br)cc1OCc1ccc([N+](=O)[O-])cc1. The third kappa shape index (κ3) is 5.94. The van der Waals surface area contributed by atoms with Crippen molar-refractivity contribution in [3.05, 3.63) is 95.0 Å². The highest BCUT2D eigenvalue weighted by Gasteiger charge is 2.15. The average Bonchev–Trinajstić information content (AvgIpc) is 3.28. The molecular formula is C24H16Br3N3O6. The molecule has 1 aromatic heterocycles. The maximum absolute atomic E-state index is 12.5. The van der Waals surface area contributed by atoms with Gasteiger partial charge >= 0.3 is 5.91 Å². The van der Waals surface area contributed by atoms with E-state index in [0.717, 1.165) is 19.9 Å². The molecule has 9 nitrogen and oxygen atoms in total. The van der Waals surface area contributed by atoms with Crippen LogP contribution in [0.1, 0.15) is 21.7 Å². The molecule has 0 saturated heterocycles. The third-order valence-corrected chi connectivity index (χ3v) is 6.69.